The highest BCUT2D eigenvalue weighted by Crippen LogP contribution is 2.29. The van der Waals surface area contributed by atoms with Gasteiger partial charge in [0.05, 0.1) is 10.6 Å². The summed E-state index contributed by atoms with van der Waals surface area (Å²) in [6.45, 7) is 9.46. The van der Waals surface area contributed by atoms with Crippen molar-refractivity contribution >= 4 is 49.8 Å². The van der Waals surface area contributed by atoms with Crippen molar-refractivity contribution in [3.8, 4) is 0 Å². The molecule has 1 amide bonds. The van der Waals surface area contributed by atoms with Crippen LogP contribution in [0.4, 0.5) is 10.8 Å². The zero-order valence-corrected chi connectivity index (χ0v) is 21.8. The zero-order valence-electron chi connectivity index (χ0n) is 19.3. The van der Waals surface area contributed by atoms with E-state index in [-0.39, 0.29) is 11.4 Å². The zero-order chi connectivity index (χ0) is 24.2. The Morgan fingerprint density at radius 1 is 1.06 bits per heavy atom. The first-order valence-electron chi connectivity index (χ1n) is 10.5. The van der Waals surface area contributed by atoms with Crippen molar-refractivity contribution < 1.29 is 13.2 Å². The number of anilines is 2. The molecule has 2 aromatic carbocycles. The van der Waals surface area contributed by atoms with Gasteiger partial charge < -0.3 is 0 Å². The van der Waals surface area contributed by atoms with Crippen LogP contribution in [0.2, 0.25) is 0 Å². The number of aryl methyl sites for hydroxylation is 3. The van der Waals surface area contributed by atoms with E-state index in [1.165, 1.54) is 11.3 Å². The highest BCUT2D eigenvalue weighted by molar-refractivity contribution is 8.01. The van der Waals surface area contributed by atoms with Crippen molar-refractivity contribution in [2.45, 2.75) is 43.9 Å². The Bertz CT molecular complexity index is 1220. The van der Waals surface area contributed by atoms with Gasteiger partial charge in [0.25, 0.3) is 10.0 Å². The Morgan fingerprint density at radius 2 is 1.73 bits per heavy atom. The molecule has 3 aromatic rings. The number of sulfonamides is 1. The average Bonchev–Trinajstić information content (AvgIpc) is 3.20. The molecule has 0 atom stereocenters. The van der Waals surface area contributed by atoms with Crippen LogP contribution in [-0.4, -0.2) is 36.8 Å². The molecule has 3 rings (SSSR count). The van der Waals surface area contributed by atoms with E-state index in [2.05, 4.69) is 29.4 Å². The molecule has 0 saturated carbocycles. The lowest BCUT2D eigenvalue weighted by molar-refractivity contribution is -0.114. The molecule has 0 aliphatic rings. The summed E-state index contributed by atoms with van der Waals surface area (Å²) in [4.78, 5) is 13.0. The largest absolute Gasteiger partial charge is 0.299 e. The third kappa shape index (κ3) is 6.55. The first-order chi connectivity index (χ1) is 15.6. The lowest BCUT2D eigenvalue weighted by Gasteiger charge is -2.26. The third-order valence-corrected chi connectivity index (χ3v) is 8.90. The second-order valence-corrected chi connectivity index (χ2v) is 12.3. The molecular weight excluding hydrogens is 476 g/mol. The molecule has 0 aliphatic carbocycles. The van der Waals surface area contributed by atoms with E-state index in [9.17, 15) is 13.2 Å². The Morgan fingerprint density at radius 3 is 2.39 bits per heavy atom. The lowest BCUT2D eigenvalue weighted by atomic mass is 10.1. The normalized spacial score (nSPS) is 11.6. The fraction of sp³-hybridized carbons (Fsp3) is 0.348. The third-order valence-electron chi connectivity index (χ3n) is 4.72. The Balaban J connectivity index is 1.88. The fourth-order valence-corrected chi connectivity index (χ4v) is 6.19. The summed E-state index contributed by atoms with van der Waals surface area (Å²) < 4.78 is 29.1. The quantitative estimate of drug-likeness (QED) is 0.324. The molecule has 0 radical (unpaired) electrons. The minimum absolute atomic E-state index is 0.130. The summed E-state index contributed by atoms with van der Waals surface area (Å²) in [7, 11) is -3.97. The molecule has 0 bridgehead atoms. The monoisotopic (exact) mass is 504 g/mol. The van der Waals surface area contributed by atoms with E-state index in [1.807, 2.05) is 32.9 Å². The Kier molecular flexibility index (Phi) is 8.14. The molecule has 33 heavy (non-hydrogen) atoms. The average molecular weight is 505 g/mol. The van der Waals surface area contributed by atoms with Crippen LogP contribution in [0.1, 0.15) is 30.5 Å². The highest BCUT2D eigenvalue weighted by atomic mass is 32.2. The molecule has 0 aliphatic heterocycles. The number of carbonyl (C=O) groups excluding carboxylic acids is 1. The van der Waals surface area contributed by atoms with Gasteiger partial charge >= 0.3 is 0 Å². The van der Waals surface area contributed by atoms with Crippen LogP contribution in [-0.2, 0) is 14.8 Å². The van der Waals surface area contributed by atoms with Crippen LogP contribution >= 0.6 is 23.1 Å². The summed E-state index contributed by atoms with van der Waals surface area (Å²) in [5, 5.41) is 11.2. The number of hydrogen-bond donors (Lipinski definition) is 1. The van der Waals surface area contributed by atoms with Crippen LogP contribution in [0.25, 0.3) is 0 Å². The molecule has 0 unspecified atom stereocenters. The maximum Gasteiger partial charge on any atom is 0.264 e. The number of benzene rings is 2. The van der Waals surface area contributed by atoms with Gasteiger partial charge in [0.15, 0.2) is 4.34 Å². The van der Waals surface area contributed by atoms with Crippen LogP contribution in [0.3, 0.4) is 0 Å². The maximum absolute atomic E-state index is 13.6. The topological polar surface area (TPSA) is 92.3 Å². The number of nitrogens with zero attached hydrogens (tertiary/aromatic N) is 3. The van der Waals surface area contributed by atoms with Crippen molar-refractivity contribution in [2.75, 3.05) is 21.9 Å². The molecule has 1 heterocycles. The number of hydrogen-bond acceptors (Lipinski definition) is 7. The number of rotatable bonds is 9. The molecule has 176 valence electrons. The first kappa shape index (κ1) is 25.2. The smallest absolute Gasteiger partial charge is 0.264 e. The Labute approximate surface area is 203 Å². The van der Waals surface area contributed by atoms with Gasteiger partial charge in [-0.15, -0.1) is 10.2 Å². The van der Waals surface area contributed by atoms with Crippen molar-refractivity contribution in [1.29, 1.82) is 0 Å². The van der Waals surface area contributed by atoms with E-state index in [4.69, 9.17) is 0 Å². The lowest BCUT2D eigenvalue weighted by Crippen LogP contribution is -2.38. The van der Waals surface area contributed by atoms with E-state index in [0.29, 0.717) is 16.7 Å². The highest BCUT2D eigenvalue weighted by Gasteiger charge is 2.28. The molecule has 0 spiro atoms. The van der Waals surface area contributed by atoms with Gasteiger partial charge in [0.1, 0.15) is 6.54 Å². The van der Waals surface area contributed by atoms with E-state index in [0.717, 1.165) is 31.1 Å². The molecule has 1 aromatic heterocycles. The van der Waals surface area contributed by atoms with Gasteiger partial charge in [-0.2, -0.15) is 0 Å². The SMILES string of the molecule is Cc1ccc(S(=O)(=O)N(CC(=O)Nc2nnc(SCC(C)C)s2)c2cc(C)ccc2C)cc1. The summed E-state index contributed by atoms with van der Waals surface area (Å²) in [5.74, 6) is 0.927. The van der Waals surface area contributed by atoms with Gasteiger partial charge in [0, 0.05) is 5.75 Å². The molecule has 10 heteroatoms. The predicted octanol–water partition coefficient (Wildman–Crippen LogP) is 5.05. The van der Waals surface area contributed by atoms with Crippen LogP contribution in [0.15, 0.2) is 51.7 Å². The Hall–Kier alpha value is -2.43. The number of carbonyl (C=O) groups is 1. The van der Waals surface area contributed by atoms with Crippen molar-refractivity contribution in [3.05, 3.63) is 59.2 Å². The van der Waals surface area contributed by atoms with Crippen molar-refractivity contribution in [2.24, 2.45) is 5.92 Å². The minimum Gasteiger partial charge on any atom is -0.299 e. The first-order valence-corrected chi connectivity index (χ1v) is 13.7. The summed E-state index contributed by atoms with van der Waals surface area (Å²) in [5.41, 5.74) is 3.08. The van der Waals surface area contributed by atoms with E-state index in [1.54, 1.807) is 42.1 Å². The molecular formula is C23H28N4O3S3. The van der Waals surface area contributed by atoms with Crippen LogP contribution < -0.4 is 9.62 Å². The van der Waals surface area contributed by atoms with Gasteiger partial charge in [-0.05, 0) is 56.0 Å². The molecule has 0 saturated heterocycles. The number of aromatic nitrogens is 2. The molecule has 1 N–H and O–H groups in total. The van der Waals surface area contributed by atoms with Crippen LogP contribution in [0.5, 0.6) is 0 Å². The number of nitrogens with one attached hydrogen (secondary N) is 1. The number of thioether (sulfide) groups is 1. The summed E-state index contributed by atoms with van der Waals surface area (Å²) >= 11 is 2.86. The van der Waals surface area contributed by atoms with Gasteiger partial charge in [-0.25, -0.2) is 8.42 Å². The van der Waals surface area contributed by atoms with Crippen LogP contribution in [0, 0.1) is 26.7 Å². The standard InChI is InChI=1S/C23H28N4O3S3/c1-15(2)14-31-23-26-25-22(32-23)24-21(28)13-27(20-12-17(4)6-9-18(20)5)33(29,30)19-10-7-16(3)8-11-19/h6-12,15H,13-14H2,1-5H3,(H,24,25,28). The van der Waals surface area contributed by atoms with E-state index < -0.39 is 15.9 Å². The van der Waals surface area contributed by atoms with E-state index >= 15 is 0 Å². The molecule has 7 nitrogen and oxygen atoms in total. The van der Waals surface area contributed by atoms with Crippen molar-refractivity contribution in [3.63, 3.8) is 0 Å². The second-order valence-electron chi connectivity index (χ2n) is 8.24. The number of amides is 1. The second kappa shape index (κ2) is 10.7. The van der Waals surface area contributed by atoms with Gasteiger partial charge in [-0.3, -0.25) is 14.4 Å². The van der Waals surface area contributed by atoms with Crippen molar-refractivity contribution in [1.82, 2.24) is 10.2 Å². The summed E-state index contributed by atoms with van der Waals surface area (Å²) in [6.07, 6.45) is 0. The predicted molar refractivity (Wildman–Crippen MR) is 136 cm³/mol. The fourth-order valence-electron chi connectivity index (χ4n) is 2.97. The molecule has 0 fully saturated rings. The summed E-state index contributed by atoms with van der Waals surface area (Å²) in [6, 6.07) is 12.1. The van der Waals surface area contributed by atoms with Gasteiger partial charge in [-0.1, -0.05) is 66.8 Å². The van der Waals surface area contributed by atoms with Gasteiger partial charge in [0.2, 0.25) is 11.0 Å². The maximum atomic E-state index is 13.6. The minimum atomic E-state index is -3.97.